The van der Waals surface area contributed by atoms with Crippen molar-refractivity contribution in [2.24, 2.45) is 4.99 Å². The predicted molar refractivity (Wildman–Crippen MR) is 48.2 cm³/mol. The average molecular weight is 169 g/mol. The first-order chi connectivity index (χ1) is 5.79. The van der Waals surface area contributed by atoms with Gasteiger partial charge in [0.15, 0.2) is 5.84 Å². The van der Waals surface area contributed by atoms with Crippen LogP contribution in [0, 0.1) is 0 Å². The topological polar surface area (TPSA) is 44.7 Å². The molecule has 0 bridgehead atoms. The number of carbonyl (C=O) groups is 1. The van der Waals surface area contributed by atoms with Crippen molar-refractivity contribution in [1.82, 2.24) is 10.2 Å². The van der Waals surface area contributed by atoms with Crippen molar-refractivity contribution < 1.29 is 4.79 Å². The number of nitrogens with zero attached hydrogens (tertiary/aromatic N) is 2. The minimum atomic E-state index is 0.0255. The number of hydrogen-bond donors (Lipinski definition) is 1. The van der Waals surface area contributed by atoms with Gasteiger partial charge in [-0.2, -0.15) is 0 Å². The van der Waals surface area contributed by atoms with E-state index in [1.54, 1.807) is 4.90 Å². The first-order valence-corrected chi connectivity index (χ1v) is 4.37. The molecule has 0 saturated carbocycles. The molecule has 68 valence electrons. The minimum absolute atomic E-state index is 0.0255. The molecule has 0 spiro atoms. The molecule has 0 aliphatic carbocycles. The van der Waals surface area contributed by atoms with E-state index in [1.165, 1.54) is 0 Å². The van der Waals surface area contributed by atoms with E-state index in [0.29, 0.717) is 5.84 Å². The second kappa shape index (κ2) is 4.09. The molecule has 0 radical (unpaired) electrons. The van der Waals surface area contributed by atoms with Crippen LogP contribution in [0.4, 0.5) is 0 Å². The molecule has 0 aromatic rings. The van der Waals surface area contributed by atoms with Crippen LogP contribution in [-0.2, 0) is 4.79 Å². The minimum Gasteiger partial charge on any atom is -0.364 e. The molecule has 12 heavy (non-hydrogen) atoms. The van der Waals surface area contributed by atoms with Crippen molar-refractivity contribution in [1.29, 1.82) is 0 Å². The van der Waals surface area contributed by atoms with Crippen LogP contribution in [0.15, 0.2) is 4.99 Å². The van der Waals surface area contributed by atoms with E-state index < -0.39 is 0 Å². The SMILES string of the molecule is CCN(CC)C(=O)C1=NCCN1. The van der Waals surface area contributed by atoms with Gasteiger partial charge in [-0.25, -0.2) is 0 Å². The Morgan fingerprint density at radius 3 is 2.67 bits per heavy atom. The molecule has 1 aliphatic rings. The van der Waals surface area contributed by atoms with Gasteiger partial charge in [0.1, 0.15) is 0 Å². The molecule has 1 amide bonds. The molecule has 1 heterocycles. The Bertz CT molecular complexity index is 196. The predicted octanol–water partition coefficient (Wildman–Crippen LogP) is -0.143. The van der Waals surface area contributed by atoms with Crippen LogP contribution in [-0.4, -0.2) is 42.8 Å². The van der Waals surface area contributed by atoms with Crippen LogP contribution >= 0.6 is 0 Å². The van der Waals surface area contributed by atoms with Gasteiger partial charge in [-0.3, -0.25) is 9.79 Å². The smallest absolute Gasteiger partial charge is 0.288 e. The summed E-state index contributed by atoms with van der Waals surface area (Å²) in [5.74, 6) is 0.552. The van der Waals surface area contributed by atoms with Gasteiger partial charge in [0, 0.05) is 19.6 Å². The number of amidine groups is 1. The summed E-state index contributed by atoms with van der Waals surface area (Å²) in [4.78, 5) is 17.4. The highest BCUT2D eigenvalue weighted by Gasteiger charge is 2.18. The van der Waals surface area contributed by atoms with Crippen molar-refractivity contribution in [2.45, 2.75) is 13.8 Å². The summed E-state index contributed by atoms with van der Waals surface area (Å²) in [6.07, 6.45) is 0. The summed E-state index contributed by atoms with van der Waals surface area (Å²) in [5, 5.41) is 2.96. The highest BCUT2D eigenvalue weighted by molar-refractivity contribution is 6.38. The molecule has 4 heteroatoms. The fourth-order valence-electron chi connectivity index (χ4n) is 1.20. The molecule has 0 atom stereocenters. The third kappa shape index (κ3) is 1.75. The van der Waals surface area contributed by atoms with E-state index in [-0.39, 0.29) is 5.91 Å². The van der Waals surface area contributed by atoms with Crippen LogP contribution in [0.3, 0.4) is 0 Å². The quantitative estimate of drug-likeness (QED) is 0.639. The lowest BCUT2D eigenvalue weighted by Crippen LogP contribution is -2.41. The van der Waals surface area contributed by atoms with Crippen molar-refractivity contribution >= 4 is 11.7 Å². The van der Waals surface area contributed by atoms with Crippen molar-refractivity contribution in [3.63, 3.8) is 0 Å². The highest BCUT2D eigenvalue weighted by Crippen LogP contribution is 1.94. The van der Waals surface area contributed by atoms with Crippen molar-refractivity contribution in [2.75, 3.05) is 26.2 Å². The van der Waals surface area contributed by atoms with Gasteiger partial charge in [-0.05, 0) is 13.8 Å². The summed E-state index contributed by atoms with van der Waals surface area (Å²) >= 11 is 0. The Balaban J connectivity index is 2.55. The maximum Gasteiger partial charge on any atom is 0.288 e. The summed E-state index contributed by atoms with van der Waals surface area (Å²) in [6.45, 7) is 6.95. The van der Waals surface area contributed by atoms with Gasteiger partial charge in [-0.1, -0.05) is 0 Å². The van der Waals surface area contributed by atoms with Crippen LogP contribution in [0.2, 0.25) is 0 Å². The molecule has 0 aromatic carbocycles. The van der Waals surface area contributed by atoms with Gasteiger partial charge in [0.25, 0.3) is 5.91 Å². The maximum absolute atomic E-state index is 11.5. The fraction of sp³-hybridized carbons (Fsp3) is 0.750. The summed E-state index contributed by atoms with van der Waals surface area (Å²) < 4.78 is 0. The summed E-state index contributed by atoms with van der Waals surface area (Å²) in [6, 6.07) is 0. The van der Waals surface area contributed by atoms with Crippen molar-refractivity contribution in [3.8, 4) is 0 Å². The van der Waals surface area contributed by atoms with Gasteiger partial charge in [0.05, 0.1) is 6.54 Å². The lowest BCUT2D eigenvalue weighted by Gasteiger charge is -2.18. The molecule has 1 N–H and O–H groups in total. The van der Waals surface area contributed by atoms with E-state index in [4.69, 9.17) is 0 Å². The number of aliphatic imine (C=N–C) groups is 1. The second-order valence-electron chi connectivity index (χ2n) is 2.63. The molecule has 0 unspecified atom stereocenters. The third-order valence-corrected chi connectivity index (χ3v) is 1.93. The maximum atomic E-state index is 11.5. The Kier molecular flexibility index (Phi) is 3.08. The zero-order valence-corrected chi connectivity index (χ0v) is 7.63. The Morgan fingerprint density at radius 2 is 2.25 bits per heavy atom. The van der Waals surface area contributed by atoms with Gasteiger partial charge in [0.2, 0.25) is 0 Å². The summed E-state index contributed by atoms with van der Waals surface area (Å²) in [7, 11) is 0. The fourth-order valence-corrected chi connectivity index (χ4v) is 1.20. The van der Waals surface area contributed by atoms with E-state index in [2.05, 4.69) is 10.3 Å². The first-order valence-electron chi connectivity index (χ1n) is 4.37. The van der Waals surface area contributed by atoms with Crippen LogP contribution in [0.25, 0.3) is 0 Å². The molecule has 0 aromatic heterocycles. The van der Waals surface area contributed by atoms with Crippen molar-refractivity contribution in [3.05, 3.63) is 0 Å². The van der Waals surface area contributed by atoms with E-state index in [1.807, 2.05) is 13.8 Å². The van der Waals surface area contributed by atoms with Crippen LogP contribution in [0.5, 0.6) is 0 Å². The Morgan fingerprint density at radius 1 is 1.58 bits per heavy atom. The monoisotopic (exact) mass is 169 g/mol. The molecule has 1 rings (SSSR count). The molecule has 1 aliphatic heterocycles. The molecular weight excluding hydrogens is 154 g/mol. The number of rotatable bonds is 3. The molecule has 0 fully saturated rings. The molecular formula is C8H15N3O. The number of carbonyl (C=O) groups excluding carboxylic acids is 1. The van der Waals surface area contributed by atoms with Crippen LogP contribution < -0.4 is 5.32 Å². The number of hydrogen-bond acceptors (Lipinski definition) is 3. The van der Waals surface area contributed by atoms with E-state index in [0.717, 1.165) is 26.2 Å². The average Bonchev–Trinajstić information content (AvgIpc) is 2.58. The lowest BCUT2D eigenvalue weighted by atomic mass is 10.4. The third-order valence-electron chi connectivity index (χ3n) is 1.93. The largest absolute Gasteiger partial charge is 0.364 e. The van der Waals surface area contributed by atoms with Gasteiger partial charge < -0.3 is 10.2 Å². The van der Waals surface area contributed by atoms with E-state index in [9.17, 15) is 4.79 Å². The number of nitrogens with one attached hydrogen (secondary N) is 1. The van der Waals surface area contributed by atoms with Gasteiger partial charge >= 0.3 is 0 Å². The molecule has 4 nitrogen and oxygen atoms in total. The number of likely N-dealkylation sites (N-methyl/N-ethyl adjacent to an activating group) is 1. The van der Waals surface area contributed by atoms with Crippen LogP contribution in [0.1, 0.15) is 13.8 Å². The standard InChI is InChI=1S/C8H15N3O/c1-3-11(4-2)8(12)7-9-5-6-10-7/h3-6H2,1-2H3,(H,9,10). The highest BCUT2D eigenvalue weighted by atomic mass is 16.2. The lowest BCUT2D eigenvalue weighted by molar-refractivity contribution is -0.123. The summed E-state index contributed by atoms with van der Waals surface area (Å²) in [5.41, 5.74) is 0. The first kappa shape index (κ1) is 9.03. The normalized spacial score (nSPS) is 15.3. The Hall–Kier alpha value is -1.06. The number of amides is 1. The van der Waals surface area contributed by atoms with E-state index >= 15 is 0 Å². The zero-order chi connectivity index (χ0) is 8.97. The second-order valence-corrected chi connectivity index (χ2v) is 2.63. The zero-order valence-electron chi connectivity index (χ0n) is 7.63. The molecule has 0 saturated heterocycles. The Labute approximate surface area is 72.7 Å². The van der Waals surface area contributed by atoms with Gasteiger partial charge in [-0.15, -0.1) is 0 Å².